The van der Waals surface area contributed by atoms with Crippen molar-refractivity contribution < 1.29 is 9.59 Å². The van der Waals surface area contributed by atoms with Crippen LogP contribution in [0.3, 0.4) is 0 Å². The van der Waals surface area contributed by atoms with Crippen LogP contribution in [0.15, 0.2) is 0 Å². The molecule has 0 heterocycles. The molecule has 1 rings (SSSR count). The van der Waals surface area contributed by atoms with Gasteiger partial charge in [-0.25, -0.2) is 4.79 Å². The number of nitrogens with one attached hydrogen (secondary N) is 2. The predicted octanol–water partition coefficient (Wildman–Crippen LogP) is 1.73. The van der Waals surface area contributed by atoms with E-state index in [1.54, 1.807) is 7.05 Å². The molecular weight excluding hydrogens is 242 g/mol. The van der Waals surface area contributed by atoms with Crippen molar-refractivity contribution in [3.8, 4) is 0 Å². The molecule has 0 spiro atoms. The van der Waals surface area contributed by atoms with Crippen LogP contribution in [0, 0.1) is 5.92 Å². The van der Waals surface area contributed by atoms with E-state index >= 15 is 0 Å². The van der Waals surface area contributed by atoms with Crippen molar-refractivity contribution in [2.24, 2.45) is 5.92 Å². The molecule has 0 atom stereocenters. The van der Waals surface area contributed by atoms with Crippen LogP contribution in [-0.2, 0) is 4.79 Å². The molecule has 0 radical (unpaired) electrons. The van der Waals surface area contributed by atoms with Gasteiger partial charge in [-0.05, 0) is 18.8 Å². The number of amides is 3. The smallest absolute Gasteiger partial charge is 0.317 e. The first-order valence-electron chi connectivity index (χ1n) is 7.27. The van der Waals surface area contributed by atoms with E-state index in [4.69, 9.17) is 0 Å². The average Bonchev–Trinajstić information content (AvgIpc) is 2.37. The minimum atomic E-state index is -0.147. The Bertz CT molecular complexity index is 299. The third-order valence-electron chi connectivity index (χ3n) is 3.37. The second kappa shape index (κ2) is 8.02. The number of hydrogen-bond donors (Lipinski definition) is 2. The van der Waals surface area contributed by atoms with E-state index in [-0.39, 0.29) is 24.5 Å². The Kier molecular flexibility index (Phi) is 6.67. The second-order valence-corrected chi connectivity index (χ2v) is 5.84. The van der Waals surface area contributed by atoms with Crippen molar-refractivity contribution >= 4 is 11.9 Å². The first kappa shape index (κ1) is 15.8. The summed E-state index contributed by atoms with van der Waals surface area (Å²) in [4.78, 5) is 25.0. The van der Waals surface area contributed by atoms with Crippen molar-refractivity contribution in [2.75, 3.05) is 20.1 Å². The van der Waals surface area contributed by atoms with Crippen LogP contribution in [0.5, 0.6) is 0 Å². The maximum atomic E-state index is 11.9. The van der Waals surface area contributed by atoms with Crippen molar-refractivity contribution in [1.29, 1.82) is 0 Å². The second-order valence-electron chi connectivity index (χ2n) is 5.84. The van der Waals surface area contributed by atoms with Crippen molar-refractivity contribution in [3.63, 3.8) is 0 Å². The lowest BCUT2D eigenvalue weighted by molar-refractivity contribution is -0.121. The Morgan fingerprint density at radius 1 is 1.21 bits per heavy atom. The van der Waals surface area contributed by atoms with Crippen LogP contribution < -0.4 is 10.6 Å². The van der Waals surface area contributed by atoms with E-state index in [1.165, 1.54) is 24.2 Å². The maximum Gasteiger partial charge on any atom is 0.317 e. The quantitative estimate of drug-likeness (QED) is 0.798. The summed E-state index contributed by atoms with van der Waals surface area (Å²) in [7, 11) is 1.66. The van der Waals surface area contributed by atoms with Crippen LogP contribution in [0.25, 0.3) is 0 Å². The molecule has 1 aliphatic rings. The van der Waals surface area contributed by atoms with Gasteiger partial charge in [0, 0.05) is 19.6 Å². The molecular formula is C14H27N3O2. The van der Waals surface area contributed by atoms with Crippen molar-refractivity contribution in [1.82, 2.24) is 15.5 Å². The van der Waals surface area contributed by atoms with E-state index in [2.05, 4.69) is 10.6 Å². The highest BCUT2D eigenvalue weighted by Gasteiger charge is 2.19. The van der Waals surface area contributed by atoms with Crippen LogP contribution >= 0.6 is 0 Å². The summed E-state index contributed by atoms with van der Waals surface area (Å²) in [5.41, 5.74) is 0. The van der Waals surface area contributed by atoms with Gasteiger partial charge < -0.3 is 15.5 Å². The largest absolute Gasteiger partial charge is 0.354 e. The highest BCUT2D eigenvalue weighted by Crippen LogP contribution is 2.17. The summed E-state index contributed by atoms with van der Waals surface area (Å²) in [5.74, 6) is 0.320. The van der Waals surface area contributed by atoms with Gasteiger partial charge in [-0.1, -0.05) is 33.1 Å². The number of nitrogens with zero attached hydrogens (tertiary/aromatic N) is 1. The monoisotopic (exact) mass is 269 g/mol. The Morgan fingerprint density at radius 2 is 1.84 bits per heavy atom. The number of rotatable bonds is 5. The number of carbonyl (C=O) groups excluding carboxylic acids is 2. The number of urea groups is 1. The number of hydrogen-bond acceptors (Lipinski definition) is 2. The van der Waals surface area contributed by atoms with Gasteiger partial charge in [-0.2, -0.15) is 0 Å². The molecule has 110 valence electrons. The molecule has 1 aliphatic carbocycles. The Hall–Kier alpha value is -1.26. The first-order chi connectivity index (χ1) is 8.99. The number of carbonyl (C=O) groups is 2. The van der Waals surface area contributed by atoms with Gasteiger partial charge in [0.2, 0.25) is 5.91 Å². The minimum absolute atomic E-state index is 0.102. The molecule has 3 amide bonds. The van der Waals surface area contributed by atoms with E-state index in [0.29, 0.717) is 12.5 Å². The average molecular weight is 269 g/mol. The molecule has 19 heavy (non-hydrogen) atoms. The third-order valence-corrected chi connectivity index (χ3v) is 3.37. The molecule has 2 N–H and O–H groups in total. The van der Waals surface area contributed by atoms with Crippen molar-refractivity contribution in [3.05, 3.63) is 0 Å². The Labute approximate surface area is 116 Å². The molecule has 5 heteroatoms. The lowest BCUT2D eigenvalue weighted by atomic mass is 9.96. The lowest BCUT2D eigenvalue weighted by Gasteiger charge is -2.26. The van der Waals surface area contributed by atoms with Gasteiger partial charge in [0.05, 0.1) is 0 Å². The molecule has 1 fully saturated rings. The summed E-state index contributed by atoms with van der Waals surface area (Å²) in [6, 6.07) is 0.133. The fourth-order valence-corrected chi connectivity index (χ4v) is 2.19. The van der Waals surface area contributed by atoms with Gasteiger partial charge in [-0.15, -0.1) is 0 Å². The Morgan fingerprint density at radius 3 is 2.42 bits per heavy atom. The fraction of sp³-hybridized carbons (Fsp3) is 0.857. The summed E-state index contributed by atoms with van der Waals surface area (Å²) in [6.07, 6.45) is 5.74. The zero-order chi connectivity index (χ0) is 14.3. The molecule has 0 saturated heterocycles. The van der Waals surface area contributed by atoms with Gasteiger partial charge >= 0.3 is 6.03 Å². The maximum absolute atomic E-state index is 11.9. The van der Waals surface area contributed by atoms with Gasteiger partial charge in [-0.3, -0.25) is 4.79 Å². The van der Waals surface area contributed by atoms with E-state index < -0.39 is 0 Å². The molecule has 0 aromatic carbocycles. The van der Waals surface area contributed by atoms with E-state index in [0.717, 1.165) is 12.8 Å². The van der Waals surface area contributed by atoms with Gasteiger partial charge in [0.1, 0.15) is 6.54 Å². The van der Waals surface area contributed by atoms with Crippen LogP contribution in [-0.4, -0.2) is 43.0 Å². The zero-order valence-electron chi connectivity index (χ0n) is 12.4. The van der Waals surface area contributed by atoms with E-state index in [1.807, 2.05) is 13.8 Å². The first-order valence-corrected chi connectivity index (χ1v) is 7.27. The van der Waals surface area contributed by atoms with Gasteiger partial charge in [0.25, 0.3) is 0 Å². The molecule has 0 aromatic heterocycles. The third kappa shape index (κ3) is 6.45. The van der Waals surface area contributed by atoms with Crippen LogP contribution in [0.2, 0.25) is 0 Å². The normalized spacial score (nSPS) is 16.2. The van der Waals surface area contributed by atoms with Crippen LogP contribution in [0.1, 0.15) is 46.0 Å². The SMILES string of the molecule is CC(C)CNC(=O)CN(C)C(=O)NC1CCCCC1. The van der Waals surface area contributed by atoms with Crippen molar-refractivity contribution in [2.45, 2.75) is 52.0 Å². The zero-order valence-corrected chi connectivity index (χ0v) is 12.4. The van der Waals surface area contributed by atoms with E-state index in [9.17, 15) is 9.59 Å². The minimum Gasteiger partial charge on any atom is -0.354 e. The number of likely N-dealkylation sites (N-methyl/N-ethyl adjacent to an activating group) is 1. The Balaban J connectivity index is 2.25. The van der Waals surface area contributed by atoms with Gasteiger partial charge in [0.15, 0.2) is 0 Å². The highest BCUT2D eigenvalue weighted by molar-refractivity contribution is 5.83. The topological polar surface area (TPSA) is 61.4 Å². The fourth-order valence-electron chi connectivity index (χ4n) is 2.19. The lowest BCUT2D eigenvalue weighted by Crippen LogP contribution is -2.47. The predicted molar refractivity (Wildman–Crippen MR) is 75.9 cm³/mol. The molecule has 0 bridgehead atoms. The molecule has 0 aromatic rings. The standard InChI is InChI=1S/C14H27N3O2/c1-11(2)9-15-13(18)10-17(3)14(19)16-12-7-5-4-6-8-12/h11-12H,4-10H2,1-3H3,(H,15,18)(H,16,19). The molecule has 0 aliphatic heterocycles. The molecule has 1 saturated carbocycles. The summed E-state index contributed by atoms with van der Waals surface area (Å²) < 4.78 is 0. The summed E-state index contributed by atoms with van der Waals surface area (Å²) in [6.45, 7) is 4.85. The summed E-state index contributed by atoms with van der Waals surface area (Å²) >= 11 is 0. The molecule has 0 unspecified atom stereocenters. The van der Waals surface area contributed by atoms with Crippen LogP contribution in [0.4, 0.5) is 4.79 Å². The highest BCUT2D eigenvalue weighted by atomic mass is 16.2. The molecule has 5 nitrogen and oxygen atoms in total. The summed E-state index contributed by atoms with van der Waals surface area (Å²) in [5, 5.41) is 5.81.